The number of carbonyl (C=O) groups is 2. The van der Waals surface area contributed by atoms with Gasteiger partial charge in [-0.2, -0.15) is 0 Å². The minimum atomic E-state index is -0.407. The fourth-order valence-corrected chi connectivity index (χ4v) is 3.69. The zero-order chi connectivity index (χ0) is 18.4. The van der Waals surface area contributed by atoms with Gasteiger partial charge in [0.25, 0.3) is 5.91 Å². The fraction of sp³-hybridized carbons (Fsp3) is 0.111. The molecule has 0 aliphatic heterocycles. The molecular formula is C18H16N4O2S2. The topological polar surface area (TPSA) is 84.0 Å². The van der Waals surface area contributed by atoms with Crippen LogP contribution in [0.4, 0.5) is 10.8 Å². The molecule has 2 aromatic carbocycles. The van der Waals surface area contributed by atoms with E-state index in [9.17, 15) is 9.59 Å². The van der Waals surface area contributed by atoms with Crippen molar-refractivity contribution in [3.05, 3.63) is 65.7 Å². The van der Waals surface area contributed by atoms with E-state index in [1.165, 1.54) is 23.1 Å². The van der Waals surface area contributed by atoms with Crippen molar-refractivity contribution in [2.24, 2.45) is 0 Å². The Morgan fingerprint density at radius 3 is 2.65 bits per heavy atom. The van der Waals surface area contributed by atoms with Crippen molar-refractivity contribution in [3.63, 3.8) is 0 Å². The number of nitrogens with zero attached hydrogens (tertiary/aromatic N) is 2. The van der Waals surface area contributed by atoms with E-state index in [1.54, 1.807) is 24.3 Å². The van der Waals surface area contributed by atoms with E-state index in [0.717, 1.165) is 11.3 Å². The zero-order valence-electron chi connectivity index (χ0n) is 13.9. The van der Waals surface area contributed by atoms with Gasteiger partial charge in [0.2, 0.25) is 11.0 Å². The minimum absolute atomic E-state index is 0.0949. The third-order valence-electron chi connectivity index (χ3n) is 3.29. The van der Waals surface area contributed by atoms with E-state index >= 15 is 0 Å². The molecule has 0 bridgehead atoms. The summed E-state index contributed by atoms with van der Waals surface area (Å²) in [7, 11) is 0. The lowest BCUT2D eigenvalue weighted by molar-refractivity contribution is -0.117. The molecule has 26 heavy (non-hydrogen) atoms. The third-order valence-corrected chi connectivity index (χ3v) is 5.26. The Morgan fingerprint density at radius 2 is 1.88 bits per heavy atom. The summed E-state index contributed by atoms with van der Waals surface area (Å²) < 4.78 is 0.655. The van der Waals surface area contributed by atoms with Crippen LogP contribution in [0.25, 0.3) is 0 Å². The number of thioether (sulfide) groups is 1. The van der Waals surface area contributed by atoms with Crippen LogP contribution in [0.1, 0.15) is 15.9 Å². The monoisotopic (exact) mass is 384 g/mol. The van der Waals surface area contributed by atoms with E-state index in [4.69, 9.17) is 0 Å². The molecule has 1 aromatic heterocycles. The van der Waals surface area contributed by atoms with E-state index in [-0.39, 0.29) is 11.7 Å². The molecule has 1 heterocycles. The Bertz CT molecular complexity index is 912. The van der Waals surface area contributed by atoms with Crippen LogP contribution in [0, 0.1) is 6.92 Å². The second kappa shape index (κ2) is 8.59. The summed E-state index contributed by atoms with van der Waals surface area (Å²) in [4.78, 5) is 23.8. The summed E-state index contributed by atoms with van der Waals surface area (Å²) in [6.07, 6.45) is 0. The van der Waals surface area contributed by atoms with Gasteiger partial charge in [0, 0.05) is 11.3 Å². The van der Waals surface area contributed by atoms with E-state index < -0.39 is 5.91 Å². The van der Waals surface area contributed by atoms with Crippen molar-refractivity contribution in [1.82, 2.24) is 15.5 Å². The highest BCUT2D eigenvalue weighted by molar-refractivity contribution is 8.01. The number of carbonyl (C=O) groups excluding carboxylic acids is 2. The zero-order valence-corrected chi connectivity index (χ0v) is 15.6. The Morgan fingerprint density at radius 1 is 1.08 bits per heavy atom. The maximum atomic E-state index is 11.9. The van der Waals surface area contributed by atoms with Gasteiger partial charge in [-0.3, -0.25) is 14.9 Å². The highest BCUT2D eigenvalue weighted by Gasteiger charge is 2.12. The van der Waals surface area contributed by atoms with Crippen LogP contribution < -0.4 is 10.6 Å². The summed E-state index contributed by atoms with van der Waals surface area (Å²) in [5, 5.41) is 14.3. The quantitative estimate of drug-likeness (QED) is 0.631. The van der Waals surface area contributed by atoms with E-state index in [1.807, 2.05) is 37.3 Å². The number of hydrogen-bond acceptors (Lipinski definition) is 7. The first-order valence-electron chi connectivity index (χ1n) is 7.79. The van der Waals surface area contributed by atoms with Crippen molar-refractivity contribution in [3.8, 4) is 0 Å². The molecule has 0 aliphatic carbocycles. The highest BCUT2D eigenvalue weighted by atomic mass is 32.2. The molecule has 3 aromatic rings. The third kappa shape index (κ3) is 5.14. The lowest BCUT2D eigenvalue weighted by Gasteiger charge is -2.03. The number of anilines is 2. The lowest BCUT2D eigenvalue weighted by Crippen LogP contribution is -2.31. The Labute approximate surface area is 159 Å². The van der Waals surface area contributed by atoms with Gasteiger partial charge in [-0.05, 0) is 36.8 Å². The lowest BCUT2D eigenvalue weighted by atomic mass is 10.2. The van der Waals surface area contributed by atoms with Gasteiger partial charge in [0.1, 0.15) is 0 Å². The number of aromatic nitrogens is 2. The summed E-state index contributed by atoms with van der Waals surface area (Å²) in [5.41, 5.74) is 2.53. The number of benzene rings is 2. The number of aryl methyl sites for hydroxylation is 1. The van der Waals surface area contributed by atoms with Crippen LogP contribution in [0.3, 0.4) is 0 Å². The van der Waals surface area contributed by atoms with Crippen molar-refractivity contribution in [1.29, 1.82) is 0 Å². The number of hydrogen-bond donors (Lipinski definition) is 2. The molecule has 6 nitrogen and oxygen atoms in total. The average Bonchev–Trinajstić information content (AvgIpc) is 3.08. The highest BCUT2D eigenvalue weighted by Crippen LogP contribution is 2.27. The molecule has 0 atom stereocenters. The van der Waals surface area contributed by atoms with Crippen molar-refractivity contribution in [2.75, 3.05) is 11.1 Å². The van der Waals surface area contributed by atoms with Gasteiger partial charge in [0.05, 0.1) is 5.75 Å². The number of imide groups is 1. The van der Waals surface area contributed by atoms with Crippen molar-refractivity contribution in [2.45, 2.75) is 11.3 Å². The van der Waals surface area contributed by atoms with Gasteiger partial charge >= 0.3 is 0 Å². The van der Waals surface area contributed by atoms with Gasteiger partial charge in [-0.15, -0.1) is 10.2 Å². The Hall–Kier alpha value is -2.71. The molecule has 0 saturated carbocycles. The van der Waals surface area contributed by atoms with Crippen LogP contribution >= 0.6 is 23.1 Å². The predicted molar refractivity (Wildman–Crippen MR) is 104 cm³/mol. The molecule has 2 N–H and O–H groups in total. The van der Waals surface area contributed by atoms with Crippen LogP contribution in [-0.4, -0.2) is 27.8 Å². The van der Waals surface area contributed by atoms with Gasteiger partial charge in [-0.1, -0.05) is 53.4 Å². The first-order valence-corrected chi connectivity index (χ1v) is 9.59. The molecule has 0 fully saturated rings. The average molecular weight is 384 g/mol. The molecule has 2 amide bonds. The van der Waals surface area contributed by atoms with E-state index in [0.29, 0.717) is 15.0 Å². The smallest absolute Gasteiger partial charge is 0.257 e. The summed E-state index contributed by atoms with van der Waals surface area (Å²) >= 11 is 2.60. The first-order chi connectivity index (χ1) is 12.6. The van der Waals surface area contributed by atoms with Gasteiger partial charge < -0.3 is 5.32 Å². The summed E-state index contributed by atoms with van der Waals surface area (Å²) in [5.74, 6) is -0.681. The van der Waals surface area contributed by atoms with Gasteiger partial charge in [0.15, 0.2) is 4.34 Å². The molecule has 0 aliphatic rings. The Kier molecular flexibility index (Phi) is 5.98. The number of amides is 2. The first kappa shape index (κ1) is 18.1. The van der Waals surface area contributed by atoms with Crippen LogP contribution in [-0.2, 0) is 4.79 Å². The largest absolute Gasteiger partial charge is 0.330 e. The molecule has 0 radical (unpaired) electrons. The molecule has 8 heteroatoms. The van der Waals surface area contributed by atoms with Crippen molar-refractivity contribution < 1.29 is 9.59 Å². The standard InChI is InChI=1S/C18H16N4O2S2/c1-12-6-5-9-14(10-12)19-17-21-22-18(26-17)25-11-15(23)20-16(24)13-7-3-2-4-8-13/h2-10H,11H2,1H3,(H,19,21)(H,20,23,24). The molecule has 0 saturated heterocycles. The molecular weight excluding hydrogens is 368 g/mol. The second-order valence-electron chi connectivity index (χ2n) is 5.40. The fourth-order valence-electron chi connectivity index (χ4n) is 2.12. The van der Waals surface area contributed by atoms with Crippen LogP contribution in [0.5, 0.6) is 0 Å². The summed E-state index contributed by atoms with van der Waals surface area (Å²) in [6, 6.07) is 16.6. The molecule has 0 spiro atoms. The number of rotatable bonds is 6. The molecule has 0 unspecified atom stereocenters. The number of nitrogens with one attached hydrogen (secondary N) is 2. The predicted octanol–water partition coefficient (Wildman–Crippen LogP) is 3.64. The van der Waals surface area contributed by atoms with Crippen LogP contribution in [0.2, 0.25) is 0 Å². The normalized spacial score (nSPS) is 10.3. The van der Waals surface area contributed by atoms with Crippen molar-refractivity contribution >= 4 is 45.7 Å². The maximum absolute atomic E-state index is 11.9. The molecule has 132 valence electrons. The van der Waals surface area contributed by atoms with Gasteiger partial charge in [-0.25, -0.2) is 0 Å². The molecule has 3 rings (SSSR count). The Balaban J connectivity index is 1.50. The van der Waals surface area contributed by atoms with E-state index in [2.05, 4.69) is 20.8 Å². The van der Waals surface area contributed by atoms with Crippen LogP contribution in [0.15, 0.2) is 58.9 Å². The SMILES string of the molecule is Cc1cccc(Nc2nnc(SCC(=O)NC(=O)c3ccccc3)s2)c1. The minimum Gasteiger partial charge on any atom is -0.330 e. The summed E-state index contributed by atoms with van der Waals surface area (Å²) in [6.45, 7) is 2.02. The second-order valence-corrected chi connectivity index (χ2v) is 7.60. The maximum Gasteiger partial charge on any atom is 0.257 e.